The van der Waals surface area contributed by atoms with Crippen LogP contribution in [0.25, 0.3) is 10.1 Å². The molecule has 1 fully saturated rings. The van der Waals surface area contributed by atoms with Crippen LogP contribution in [0, 0.1) is 0 Å². The number of anilines is 1. The molecule has 1 aliphatic heterocycles. The second-order valence-electron chi connectivity index (χ2n) is 6.86. The van der Waals surface area contributed by atoms with E-state index in [1.807, 2.05) is 0 Å². The maximum absolute atomic E-state index is 13.1. The average Bonchev–Trinajstić information content (AvgIpc) is 3.00. The topological polar surface area (TPSA) is 92.3 Å². The van der Waals surface area contributed by atoms with E-state index in [9.17, 15) is 13.2 Å². The van der Waals surface area contributed by atoms with Crippen LogP contribution in [0.5, 0.6) is 0 Å². The van der Waals surface area contributed by atoms with Crippen molar-refractivity contribution in [1.29, 1.82) is 0 Å². The van der Waals surface area contributed by atoms with Crippen molar-refractivity contribution in [1.82, 2.24) is 14.3 Å². The van der Waals surface area contributed by atoms with E-state index >= 15 is 0 Å². The molecule has 0 atom stereocenters. The normalized spacial score (nSPS) is 15.3. The first-order chi connectivity index (χ1) is 14.0. The zero-order valence-electron chi connectivity index (χ0n) is 15.5. The number of nitrogens with one attached hydrogen (secondary N) is 1. The summed E-state index contributed by atoms with van der Waals surface area (Å²) in [5, 5.41) is 0.641. The number of sulfonamides is 1. The van der Waals surface area contributed by atoms with Gasteiger partial charge in [0.15, 0.2) is 5.03 Å². The summed E-state index contributed by atoms with van der Waals surface area (Å²) in [6.07, 6.45) is 6.97. The molecule has 1 aromatic carbocycles. The van der Waals surface area contributed by atoms with Crippen LogP contribution in [0.15, 0.2) is 41.7 Å². The second-order valence-corrected chi connectivity index (χ2v) is 9.72. The number of nitrogens with zero attached hydrogens (tertiary/aromatic N) is 3. The number of hydrogen-bond donors (Lipinski definition) is 1. The van der Waals surface area contributed by atoms with E-state index in [0.717, 1.165) is 25.7 Å². The summed E-state index contributed by atoms with van der Waals surface area (Å²) in [5.74, 6) is -0.204. The smallest absolute Gasteiger partial charge is 0.280 e. The molecule has 1 amide bonds. The minimum Gasteiger partial charge on any atom is -0.339 e. The molecule has 0 bridgehead atoms. The lowest BCUT2D eigenvalue weighted by molar-refractivity contribution is 0.0762. The largest absolute Gasteiger partial charge is 0.339 e. The Balaban J connectivity index is 1.70. The van der Waals surface area contributed by atoms with Crippen LogP contribution in [0.4, 0.5) is 5.69 Å². The molecular formula is C19H19ClN4O3S2. The van der Waals surface area contributed by atoms with E-state index in [4.69, 9.17) is 11.6 Å². The van der Waals surface area contributed by atoms with Gasteiger partial charge in [-0.3, -0.25) is 9.52 Å². The Bertz CT molecular complexity index is 1160. The monoisotopic (exact) mass is 450 g/mol. The predicted octanol–water partition coefficient (Wildman–Crippen LogP) is 4.16. The van der Waals surface area contributed by atoms with Gasteiger partial charge >= 0.3 is 0 Å². The van der Waals surface area contributed by atoms with Gasteiger partial charge in [-0.15, -0.1) is 0 Å². The summed E-state index contributed by atoms with van der Waals surface area (Å²) >= 11 is 7.29. The Labute approximate surface area is 177 Å². The van der Waals surface area contributed by atoms with Gasteiger partial charge in [-0.05, 0) is 48.6 Å². The molecule has 7 nitrogen and oxygen atoms in total. The number of rotatable bonds is 4. The van der Waals surface area contributed by atoms with Gasteiger partial charge in [-0.2, -0.15) is 12.8 Å². The van der Waals surface area contributed by atoms with Gasteiger partial charge in [0.1, 0.15) is 0 Å². The zero-order valence-corrected chi connectivity index (χ0v) is 17.9. The molecule has 0 radical (unpaired) electrons. The van der Waals surface area contributed by atoms with E-state index in [0.29, 0.717) is 28.2 Å². The van der Waals surface area contributed by atoms with Crippen LogP contribution >= 0.6 is 23.1 Å². The quantitative estimate of drug-likeness (QED) is 0.644. The summed E-state index contributed by atoms with van der Waals surface area (Å²) in [6, 6.07) is 6.32. The lowest BCUT2D eigenvalue weighted by Gasteiger charge is -2.22. The van der Waals surface area contributed by atoms with Crippen molar-refractivity contribution < 1.29 is 13.2 Å². The van der Waals surface area contributed by atoms with Crippen molar-refractivity contribution in [3.63, 3.8) is 0 Å². The number of hydrogen-bond acceptors (Lipinski definition) is 6. The van der Waals surface area contributed by atoms with Gasteiger partial charge in [0, 0.05) is 24.3 Å². The molecule has 0 aliphatic carbocycles. The Kier molecular flexibility index (Phi) is 5.71. The first kappa shape index (κ1) is 20.1. The van der Waals surface area contributed by atoms with Crippen LogP contribution in [-0.4, -0.2) is 41.7 Å². The third kappa shape index (κ3) is 4.22. The van der Waals surface area contributed by atoms with Crippen molar-refractivity contribution in [3.8, 4) is 0 Å². The molecule has 3 aromatic rings. The van der Waals surface area contributed by atoms with Crippen molar-refractivity contribution in [2.45, 2.75) is 30.7 Å². The number of halogens is 1. The number of pyridine rings is 1. The van der Waals surface area contributed by atoms with E-state index < -0.39 is 10.0 Å². The molecule has 0 saturated carbocycles. The maximum Gasteiger partial charge on any atom is 0.280 e. The highest BCUT2D eigenvalue weighted by Crippen LogP contribution is 2.29. The summed E-state index contributed by atoms with van der Waals surface area (Å²) in [6.45, 7) is 1.32. The van der Waals surface area contributed by atoms with E-state index in [2.05, 4.69) is 14.1 Å². The number of amides is 1. The zero-order chi connectivity index (χ0) is 20.4. The molecule has 152 valence electrons. The van der Waals surface area contributed by atoms with Gasteiger partial charge in [-0.25, -0.2) is 4.98 Å². The maximum atomic E-state index is 13.1. The number of carbonyl (C=O) groups is 1. The Morgan fingerprint density at radius 1 is 1.14 bits per heavy atom. The third-order valence-electron chi connectivity index (χ3n) is 4.85. The highest BCUT2D eigenvalue weighted by Gasteiger charge is 2.25. The molecule has 3 heterocycles. The van der Waals surface area contributed by atoms with E-state index in [-0.39, 0.29) is 22.2 Å². The number of likely N-dealkylation sites (tertiary alicyclic amines) is 1. The van der Waals surface area contributed by atoms with Crippen LogP contribution in [0.1, 0.15) is 36.0 Å². The molecule has 2 aromatic heterocycles. The fraction of sp³-hybridized carbons (Fsp3) is 0.316. The van der Waals surface area contributed by atoms with Gasteiger partial charge < -0.3 is 4.90 Å². The van der Waals surface area contributed by atoms with E-state index in [1.54, 1.807) is 23.1 Å². The van der Waals surface area contributed by atoms with Crippen LogP contribution in [0.3, 0.4) is 0 Å². The summed E-state index contributed by atoms with van der Waals surface area (Å²) in [7, 11) is -4.04. The first-order valence-corrected chi connectivity index (χ1v) is 11.9. The van der Waals surface area contributed by atoms with Crippen LogP contribution < -0.4 is 4.72 Å². The first-order valence-electron chi connectivity index (χ1n) is 9.27. The van der Waals surface area contributed by atoms with Crippen molar-refractivity contribution in [2.75, 3.05) is 17.8 Å². The highest BCUT2D eigenvalue weighted by atomic mass is 35.5. The molecule has 0 unspecified atom stereocenters. The molecule has 29 heavy (non-hydrogen) atoms. The minimum absolute atomic E-state index is 0.128. The molecular weight excluding hydrogens is 432 g/mol. The number of aromatic nitrogens is 2. The lowest BCUT2D eigenvalue weighted by atomic mass is 10.1. The predicted molar refractivity (Wildman–Crippen MR) is 114 cm³/mol. The fourth-order valence-electron chi connectivity index (χ4n) is 3.41. The standard InChI is InChI=1S/C19H19ClN4O3S2/c20-13-5-6-14(19(25)24-9-3-1-2-4-10-24)16(11-13)23-29(26,27)18-15-12-22-28-17(15)7-8-21-18/h5-8,11-12,23H,1-4,9-10H2. The number of fused-ring (bicyclic) bond motifs is 1. The summed E-state index contributed by atoms with van der Waals surface area (Å²) < 4.78 is 33.4. The van der Waals surface area contributed by atoms with Gasteiger partial charge in [0.05, 0.1) is 27.5 Å². The number of benzene rings is 1. The van der Waals surface area contributed by atoms with Gasteiger partial charge in [0.25, 0.3) is 15.9 Å². The van der Waals surface area contributed by atoms with Crippen molar-refractivity contribution in [3.05, 3.63) is 47.2 Å². The lowest BCUT2D eigenvalue weighted by Crippen LogP contribution is -2.32. The number of carbonyl (C=O) groups excluding carboxylic acids is 1. The Morgan fingerprint density at radius 2 is 1.90 bits per heavy atom. The highest BCUT2D eigenvalue weighted by molar-refractivity contribution is 7.92. The minimum atomic E-state index is -4.04. The Hall–Kier alpha value is -2.23. The Morgan fingerprint density at radius 3 is 2.66 bits per heavy atom. The summed E-state index contributed by atoms with van der Waals surface area (Å²) in [4.78, 5) is 18.9. The molecule has 10 heteroatoms. The van der Waals surface area contributed by atoms with E-state index in [1.165, 1.54) is 30.0 Å². The fourth-order valence-corrected chi connectivity index (χ4v) is 5.50. The van der Waals surface area contributed by atoms with Crippen molar-refractivity contribution in [2.24, 2.45) is 0 Å². The van der Waals surface area contributed by atoms with Crippen LogP contribution in [-0.2, 0) is 10.0 Å². The van der Waals surface area contributed by atoms with Gasteiger partial charge in [-0.1, -0.05) is 24.4 Å². The molecule has 1 aliphatic rings. The van der Waals surface area contributed by atoms with Crippen molar-refractivity contribution >= 4 is 54.8 Å². The summed E-state index contributed by atoms with van der Waals surface area (Å²) in [5.41, 5.74) is 0.421. The molecule has 1 N–H and O–H groups in total. The van der Waals surface area contributed by atoms with Gasteiger partial charge in [0.2, 0.25) is 0 Å². The molecule has 0 spiro atoms. The second kappa shape index (κ2) is 8.25. The van der Waals surface area contributed by atoms with Crippen LogP contribution in [0.2, 0.25) is 5.02 Å². The third-order valence-corrected chi connectivity index (χ3v) is 7.17. The average molecular weight is 451 g/mol. The molecule has 1 saturated heterocycles. The SMILES string of the molecule is O=C(c1ccc(Cl)cc1NS(=O)(=O)c1nccc2sncc12)N1CCCCCC1. The molecule has 4 rings (SSSR count).